The van der Waals surface area contributed by atoms with Gasteiger partial charge in [-0.25, -0.2) is 0 Å². The average Bonchev–Trinajstić information content (AvgIpc) is 1.86. The lowest BCUT2D eigenvalue weighted by Crippen LogP contribution is -2.51. The molecule has 2 N–H and O–H groups in total. The lowest BCUT2D eigenvalue weighted by Gasteiger charge is -2.45. The van der Waals surface area contributed by atoms with Gasteiger partial charge in [-0.05, 0) is 37.8 Å². The second kappa shape index (κ2) is 3.07. The van der Waals surface area contributed by atoms with Crippen molar-refractivity contribution in [1.82, 2.24) is 5.32 Å². The zero-order valence-electron chi connectivity index (χ0n) is 5.92. The maximum absolute atomic E-state index is 9.22. The van der Waals surface area contributed by atoms with Crippen LogP contribution in [0.5, 0.6) is 0 Å². The molecule has 1 aliphatic heterocycles. The summed E-state index contributed by atoms with van der Waals surface area (Å²) in [5, 5.41) is 12.5. The van der Waals surface area contributed by atoms with Crippen molar-refractivity contribution in [3.63, 3.8) is 0 Å². The number of rotatable bonds is 0. The quantitative estimate of drug-likeness (QED) is 0.542. The first-order valence-electron chi connectivity index (χ1n) is 3.76. The lowest BCUT2D eigenvalue weighted by molar-refractivity contribution is -0.0484. The third-order valence-corrected chi connectivity index (χ3v) is 2.70. The third-order valence-electron chi connectivity index (χ3n) is 2.70. The van der Waals surface area contributed by atoms with Gasteiger partial charge in [-0.2, -0.15) is 0 Å². The van der Waals surface area contributed by atoms with Gasteiger partial charge < -0.3 is 10.4 Å². The van der Waals surface area contributed by atoms with Crippen molar-refractivity contribution >= 4 is 12.4 Å². The summed E-state index contributed by atoms with van der Waals surface area (Å²) in [6, 6.07) is 0. The minimum absolute atomic E-state index is 0. The van der Waals surface area contributed by atoms with Gasteiger partial charge in [0.25, 0.3) is 0 Å². The molecular weight excluding hydrogens is 150 g/mol. The van der Waals surface area contributed by atoms with Crippen LogP contribution in [0.15, 0.2) is 0 Å². The highest BCUT2D eigenvalue weighted by molar-refractivity contribution is 5.85. The van der Waals surface area contributed by atoms with E-state index in [1.165, 1.54) is 6.42 Å². The number of fused-ring (bicyclic) bond motifs is 1. The van der Waals surface area contributed by atoms with Crippen LogP contribution in [-0.4, -0.2) is 24.3 Å². The van der Waals surface area contributed by atoms with Gasteiger partial charge in [-0.15, -0.1) is 12.4 Å². The summed E-state index contributed by atoms with van der Waals surface area (Å²) in [4.78, 5) is 0. The third kappa shape index (κ3) is 1.16. The molecule has 3 heteroatoms. The van der Waals surface area contributed by atoms with E-state index in [2.05, 4.69) is 5.32 Å². The van der Waals surface area contributed by atoms with E-state index in [1.807, 2.05) is 0 Å². The Bertz CT molecular complexity index is 118. The highest BCUT2D eigenvalue weighted by Crippen LogP contribution is 2.38. The van der Waals surface area contributed by atoms with E-state index < -0.39 is 0 Å². The molecule has 1 saturated carbocycles. The minimum Gasteiger partial charge on any atom is -0.393 e. The number of hydrogen-bond donors (Lipinski definition) is 2. The largest absolute Gasteiger partial charge is 0.393 e. The Hall–Kier alpha value is 0.210. The van der Waals surface area contributed by atoms with Gasteiger partial charge in [0.1, 0.15) is 0 Å². The molecule has 1 saturated heterocycles. The van der Waals surface area contributed by atoms with Crippen LogP contribution in [0.25, 0.3) is 0 Å². The normalized spacial score (nSPS) is 44.7. The Labute approximate surface area is 67.4 Å². The van der Waals surface area contributed by atoms with Crippen molar-refractivity contribution in [2.45, 2.75) is 18.9 Å². The molecule has 1 heterocycles. The Kier molecular flexibility index (Phi) is 2.55. The summed E-state index contributed by atoms with van der Waals surface area (Å²) in [5.41, 5.74) is 0. The van der Waals surface area contributed by atoms with Gasteiger partial charge in [-0.1, -0.05) is 0 Å². The first kappa shape index (κ1) is 8.31. The number of halogens is 1. The van der Waals surface area contributed by atoms with Gasteiger partial charge in [-0.3, -0.25) is 0 Å². The van der Waals surface area contributed by atoms with E-state index >= 15 is 0 Å². The molecule has 60 valence electrons. The molecule has 0 amide bonds. The predicted octanol–water partition coefficient (Wildman–Crippen LogP) is 0.398. The fourth-order valence-electron chi connectivity index (χ4n) is 2.00. The van der Waals surface area contributed by atoms with E-state index in [9.17, 15) is 5.11 Å². The van der Waals surface area contributed by atoms with E-state index in [0.717, 1.165) is 25.4 Å². The number of nitrogens with one attached hydrogen (secondary N) is 1. The number of aliphatic hydroxyl groups excluding tert-OH is 1. The number of hydrogen-bond acceptors (Lipinski definition) is 2. The van der Waals surface area contributed by atoms with Gasteiger partial charge in [0, 0.05) is 0 Å². The summed E-state index contributed by atoms with van der Waals surface area (Å²) in [6.07, 6.45) is 2.26. The van der Waals surface area contributed by atoms with E-state index in [4.69, 9.17) is 0 Å². The second-order valence-electron chi connectivity index (χ2n) is 3.22. The van der Waals surface area contributed by atoms with Gasteiger partial charge >= 0.3 is 0 Å². The summed E-state index contributed by atoms with van der Waals surface area (Å²) in [6.45, 7) is 2.25. The van der Waals surface area contributed by atoms with E-state index in [0.29, 0.717) is 5.92 Å². The topological polar surface area (TPSA) is 32.3 Å². The van der Waals surface area contributed by atoms with Crippen LogP contribution in [0.4, 0.5) is 0 Å². The zero-order valence-corrected chi connectivity index (χ0v) is 6.73. The summed E-state index contributed by atoms with van der Waals surface area (Å²) < 4.78 is 0. The van der Waals surface area contributed by atoms with Crippen molar-refractivity contribution in [3.8, 4) is 0 Å². The average molecular weight is 164 g/mol. The van der Waals surface area contributed by atoms with Crippen molar-refractivity contribution in [3.05, 3.63) is 0 Å². The molecule has 0 unspecified atom stereocenters. The predicted molar refractivity (Wildman–Crippen MR) is 42.3 cm³/mol. The fraction of sp³-hybridized carbons (Fsp3) is 1.00. The molecular formula is C7H14ClNO. The SMILES string of the molecule is Cl.O[C@@H]1C[C@@H]2CNCC[C@@H]21. The smallest absolute Gasteiger partial charge is 0.0575 e. The molecule has 0 radical (unpaired) electrons. The van der Waals surface area contributed by atoms with E-state index in [1.54, 1.807) is 0 Å². The number of aliphatic hydroxyl groups is 1. The summed E-state index contributed by atoms with van der Waals surface area (Å²) >= 11 is 0. The Morgan fingerprint density at radius 3 is 2.70 bits per heavy atom. The molecule has 3 atom stereocenters. The van der Waals surface area contributed by atoms with Crippen molar-refractivity contribution in [1.29, 1.82) is 0 Å². The number of piperidine rings is 1. The molecule has 0 aromatic heterocycles. The Balaban J connectivity index is 0.000000500. The fourth-order valence-corrected chi connectivity index (χ4v) is 2.00. The van der Waals surface area contributed by atoms with Gasteiger partial charge in [0.2, 0.25) is 0 Å². The zero-order chi connectivity index (χ0) is 6.27. The van der Waals surface area contributed by atoms with Crippen molar-refractivity contribution in [2.24, 2.45) is 11.8 Å². The maximum Gasteiger partial charge on any atom is 0.0575 e. The minimum atomic E-state index is 0. The van der Waals surface area contributed by atoms with Crippen LogP contribution in [0.3, 0.4) is 0 Å². The Morgan fingerprint density at radius 2 is 2.20 bits per heavy atom. The molecule has 0 bridgehead atoms. The first-order chi connectivity index (χ1) is 4.38. The van der Waals surface area contributed by atoms with Crippen LogP contribution < -0.4 is 5.32 Å². The molecule has 10 heavy (non-hydrogen) atoms. The maximum atomic E-state index is 9.22. The van der Waals surface area contributed by atoms with Crippen molar-refractivity contribution < 1.29 is 5.11 Å². The van der Waals surface area contributed by atoms with Gasteiger partial charge in [0.05, 0.1) is 6.10 Å². The van der Waals surface area contributed by atoms with Crippen LogP contribution in [0.2, 0.25) is 0 Å². The highest BCUT2D eigenvalue weighted by atomic mass is 35.5. The molecule has 2 fully saturated rings. The second-order valence-corrected chi connectivity index (χ2v) is 3.22. The van der Waals surface area contributed by atoms with Gasteiger partial charge in [0.15, 0.2) is 0 Å². The first-order valence-corrected chi connectivity index (χ1v) is 3.76. The lowest BCUT2D eigenvalue weighted by atomic mass is 9.68. The molecule has 0 aromatic rings. The molecule has 0 spiro atoms. The Morgan fingerprint density at radius 1 is 1.40 bits per heavy atom. The molecule has 1 aliphatic carbocycles. The summed E-state index contributed by atoms with van der Waals surface area (Å²) in [5.74, 6) is 1.44. The molecule has 0 aromatic carbocycles. The standard InChI is InChI=1S/C7H13NO.ClH/c9-7-3-5-4-8-2-1-6(5)7;/h5-9H,1-4H2;1H/t5-,6+,7-;/m1./s1. The van der Waals surface area contributed by atoms with Crippen LogP contribution in [0, 0.1) is 11.8 Å². The van der Waals surface area contributed by atoms with Crippen LogP contribution in [0.1, 0.15) is 12.8 Å². The van der Waals surface area contributed by atoms with E-state index in [-0.39, 0.29) is 18.5 Å². The molecule has 2 aliphatic rings. The highest BCUT2D eigenvalue weighted by Gasteiger charge is 2.40. The monoisotopic (exact) mass is 163 g/mol. The van der Waals surface area contributed by atoms with Crippen LogP contribution in [-0.2, 0) is 0 Å². The summed E-state index contributed by atoms with van der Waals surface area (Å²) in [7, 11) is 0. The molecule has 2 rings (SSSR count). The van der Waals surface area contributed by atoms with Crippen molar-refractivity contribution in [2.75, 3.05) is 13.1 Å². The molecule has 2 nitrogen and oxygen atoms in total. The van der Waals surface area contributed by atoms with Crippen LogP contribution >= 0.6 is 12.4 Å².